The van der Waals surface area contributed by atoms with E-state index < -0.39 is 0 Å². The maximum atomic E-state index is 13.2. The minimum atomic E-state index is -0.276. The van der Waals surface area contributed by atoms with E-state index in [0.29, 0.717) is 22.8 Å². The van der Waals surface area contributed by atoms with E-state index in [0.717, 1.165) is 5.56 Å². The number of nitrogens with zero attached hydrogens (tertiary/aromatic N) is 1. The van der Waals surface area contributed by atoms with E-state index >= 15 is 0 Å². The zero-order valence-corrected chi connectivity index (χ0v) is 17.7. The molecule has 7 heteroatoms. The third-order valence-electron chi connectivity index (χ3n) is 4.82. The molecule has 0 fully saturated rings. The number of rotatable bonds is 8. The Balaban J connectivity index is 1.55. The summed E-state index contributed by atoms with van der Waals surface area (Å²) in [5.74, 6) is -0.571. The molecule has 0 aliphatic carbocycles. The highest BCUT2D eigenvalue weighted by atomic mass is 32.1. The van der Waals surface area contributed by atoms with Gasteiger partial charge in [-0.15, -0.1) is 11.3 Å². The molecule has 30 heavy (non-hydrogen) atoms. The molecule has 0 bridgehead atoms. The van der Waals surface area contributed by atoms with Crippen LogP contribution < -0.4 is 10.6 Å². The molecule has 0 aliphatic rings. The lowest BCUT2D eigenvalue weighted by Gasteiger charge is -2.27. The Morgan fingerprint density at radius 1 is 1.00 bits per heavy atom. The summed E-state index contributed by atoms with van der Waals surface area (Å²) in [6.07, 6.45) is 0. The molecule has 2 aromatic carbocycles. The highest BCUT2D eigenvalue weighted by Crippen LogP contribution is 2.21. The van der Waals surface area contributed by atoms with Crippen LogP contribution >= 0.6 is 11.3 Å². The average molecular weight is 426 g/mol. The number of amides is 2. The fourth-order valence-corrected chi connectivity index (χ4v) is 3.72. The fourth-order valence-electron chi connectivity index (χ4n) is 3.10. The number of thiophene rings is 1. The second-order valence-electron chi connectivity index (χ2n) is 6.85. The molecule has 3 rings (SSSR count). The van der Waals surface area contributed by atoms with Crippen LogP contribution in [0.3, 0.4) is 0 Å². The molecule has 156 valence electrons. The SMILES string of the molecule is CCN(CC(=O)Nc1ccc(NC(=O)c2cccs2)cc1)C(C)c1ccc(F)cc1. The van der Waals surface area contributed by atoms with Gasteiger partial charge in [-0.25, -0.2) is 4.39 Å². The third kappa shape index (κ3) is 5.75. The molecule has 1 atom stereocenters. The number of benzene rings is 2. The standard InChI is InChI=1S/C23H24FN3O2S/c1-3-27(16(2)17-6-8-18(24)9-7-17)15-22(28)25-19-10-12-20(13-11-19)26-23(29)21-5-4-14-30-21/h4-14,16H,3,15H2,1-2H3,(H,25,28)(H,26,29). The minimum Gasteiger partial charge on any atom is -0.325 e. The lowest BCUT2D eigenvalue weighted by molar-refractivity contribution is -0.117. The van der Waals surface area contributed by atoms with E-state index in [1.165, 1.54) is 23.5 Å². The molecule has 2 amide bonds. The van der Waals surface area contributed by atoms with Crippen LogP contribution in [0, 0.1) is 5.82 Å². The van der Waals surface area contributed by atoms with Gasteiger partial charge >= 0.3 is 0 Å². The number of halogens is 1. The molecule has 1 heterocycles. The van der Waals surface area contributed by atoms with Crippen LogP contribution in [0.2, 0.25) is 0 Å². The maximum Gasteiger partial charge on any atom is 0.265 e. The predicted molar refractivity (Wildman–Crippen MR) is 119 cm³/mol. The van der Waals surface area contributed by atoms with Gasteiger partial charge in [0.2, 0.25) is 5.91 Å². The first kappa shape index (κ1) is 21.7. The number of hydrogen-bond acceptors (Lipinski definition) is 4. The molecule has 0 radical (unpaired) electrons. The molecule has 0 aliphatic heterocycles. The van der Waals surface area contributed by atoms with Crippen LogP contribution in [0.5, 0.6) is 0 Å². The Kier molecular flexibility index (Phi) is 7.32. The number of hydrogen-bond donors (Lipinski definition) is 2. The topological polar surface area (TPSA) is 61.4 Å². The van der Waals surface area contributed by atoms with E-state index in [9.17, 15) is 14.0 Å². The van der Waals surface area contributed by atoms with Gasteiger partial charge in [0.05, 0.1) is 11.4 Å². The summed E-state index contributed by atoms with van der Waals surface area (Å²) in [5.41, 5.74) is 2.27. The van der Waals surface area contributed by atoms with E-state index in [1.807, 2.05) is 30.2 Å². The summed E-state index contributed by atoms with van der Waals surface area (Å²) in [5, 5.41) is 7.56. The molecular formula is C23H24FN3O2S. The number of likely N-dealkylation sites (N-methyl/N-ethyl adjacent to an activating group) is 1. The summed E-state index contributed by atoms with van der Waals surface area (Å²) in [7, 11) is 0. The van der Waals surface area contributed by atoms with Gasteiger partial charge in [-0.2, -0.15) is 0 Å². The largest absolute Gasteiger partial charge is 0.325 e. The summed E-state index contributed by atoms with van der Waals surface area (Å²) >= 11 is 1.38. The van der Waals surface area contributed by atoms with Crippen molar-refractivity contribution in [2.24, 2.45) is 0 Å². The Bertz CT molecular complexity index is 973. The number of anilines is 2. The summed E-state index contributed by atoms with van der Waals surface area (Å²) < 4.78 is 13.2. The second-order valence-corrected chi connectivity index (χ2v) is 7.80. The van der Waals surface area contributed by atoms with E-state index in [1.54, 1.807) is 42.5 Å². The number of carbonyl (C=O) groups is 2. The van der Waals surface area contributed by atoms with Gasteiger partial charge in [-0.05, 0) is 66.9 Å². The van der Waals surface area contributed by atoms with Crippen molar-refractivity contribution in [1.82, 2.24) is 4.90 Å². The molecule has 5 nitrogen and oxygen atoms in total. The van der Waals surface area contributed by atoms with Gasteiger partial charge < -0.3 is 10.6 Å². The zero-order valence-electron chi connectivity index (χ0n) is 16.9. The van der Waals surface area contributed by atoms with Crippen molar-refractivity contribution < 1.29 is 14.0 Å². The van der Waals surface area contributed by atoms with Gasteiger partial charge in [0.15, 0.2) is 0 Å². The van der Waals surface area contributed by atoms with Crippen LogP contribution in [-0.2, 0) is 4.79 Å². The molecule has 3 aromatic rings. The van der Waals surface area contributed by atoms with Crippen molar-refractivity contribution in [2.45, 2.75) is 19.9 Å². The first-order chi connectivity index (χ1) is 14.5. The molecule has 2 N–H and O–H groups in total. The van der Waals surface area contributed by atoms with Gasteiger partial charge in [-0.3, -0.25) is 14.5 Å². The van der Waals surface area contributed by atoms with Crippen LogP contribution in [0.25, 0.3) is 0 Å². The Hall–Kier alpha value is -3.03. The highest BCUT2D eigenvalue weighted by Gasteiger charge is 2.17. The lowest BCUT2D eigenvalue weighted by Crippen LogP contribution is -2.35. The quantitative estimate of drug-likeness (QED) is 0.524. The summed E-state index contributed by atoms with van der Waals surface area (Å²) in [6.45, 7) is 4.87. The summed E-state index contributed by atoms with van der Waals surface area (Å²) in [6, 6.07) is 16.9. The molecule has 0 spiro atoms. The fraction of sp³-hybridized carbons (Fsp3) is 0.217. The minimum absolute atomic E-state index is 0.0174. The second kappa shape index (κ2) is 10.1. The van der Waals surface area contributed by atoms with Crippen molar-refractivity contribution in [3.63, 3.8) is 0 Å². The maximum absolute atomic E-state index is 13.2. The Labute approximate surface area is 179 Å². The monoisotopic (exact) mass is 425 g/mol. The van der Waals surface area contributed by atoms with E-state index in [4.69, 9.17) is 0 Å². The van der Waals surface area contributed by atoms with Crippen molar-refractivity contribution >= 4 is 34.5 Å². The predicted octanol–water partition coefficient (Wildman–Crippen LogP) is 5.16. The van der Waals surface area contributed by atoms with Gasteiger partial charge in [0.1, 0.15) is 5.82 Å². The normalized spacial score (nSPS) is 11.9. The smallest absolute Gasteiger partial charge is 0.265 e. The molecule has 1 aromatic heterocycles. The first-order valence-corrected chi connectivity index (χ1v) is 10.6. The average Bonchev–Trinajstić information content (AvgIpc) is 3.28. The van der Waals surface area contributed by atoms with Gasteiger partial charge in [0, 0.05) is 17.4 Å². The van der Waals surface area contributed by atoms with Gasteiger partial charge in [-0.1, -0.05) is 25.1 Å². The highest BCUT2D eigenvalue weighted by molar-refractivity contribution is 7.12. The molecule has 0 saturated carbocycles. The number of nitrogens with one attached hydrogen (secondary N) is 2. The van der Waals surface area contributed by atoms with Crippen LogP contribution in [0.1, 0.15) is 35.1 Å². The summed E-state index contributed by atoms with van der Waals surface area (Å²) in [4.78, 5) is 27.3. The molecule has 0 saturated heterocycles. The third-order valence-corrected chi connectivity index (χ3v) is 5.69. The number of carbonyl (C=O) groups excluding carboxylic acids is 2. The Morgan fingerprint density at radius 3 is 2.20 bits per heavy atom. The van der Waals surface area contributed by atoms with E-state index in [-0.39, 0.29) is 30.2 Å². The Morgan fingerprint density at radius 2 is 1.63 bits per heavy atom. The van der Waals surface area contributed by atoms with Crippen LogP contribution in [0.15, 0.2) is 66.0 Å². The zero-order chi connectivity index (χ0) is 21.5. The van der Waals surface area contributed by atoms with Crippen molar-refractivity contribution in [2.75, 3.05) is 23.7 Å². The van der Waals surface area contributed by atoms with E-state index in [2.05, 4.69) is 10.6 Å². The molecular weight excluding hydrogens is 401 g/mol. The molecule has 1 unspecified atom stereocenters. The van der Waals surface area contributed by atoms with Gasteiger partial charge in [0.25, 0.3) is 5.91 Å². The van der Waals surface area contributed by atoms with Crippen molar-refractivity contribution in [3.8, 4) is 0 Å². The lowest BCUT2D eigenvalue weighted by atomic mass is 10.1. The van der Waals surface area contributed by atoms with Crippen molar-refractivity contribution in [3.05, 3.63) is 82.3 Å². The van der Waals surface area contributed by atoms with Crippen LogP contribution in [-0.4, -0.2) is 29.8 Å². The first-order valence-electron chi connectivity index (χ1n) is 9.70. The van der Waals surface area contributed by atoms with Crippen LogP contribution in [0.4, 0.5) is 15.8 Å². The van der Waals surface area contributed by atoms with Crippen molar-refractivity contribution in [1.29, 1.82) is 0 Å².